The summed E-state index contributed by atoms with van der Waals surface area (Å²) in [4.78, 5) is 0. The molecule has 3 nitrogen and oxygen atoms in total. The monoisotopic (exact) mass is 191 g/mol. The van der Waals surface area contributed by atoms with E-state index in [-0.39, 0.29) is 0 Å². The molecule has 3 heteroatoms. The molecule has 2 saturated carbocycles. The lowest BCUT2D eigenvalue weighted by molar-refractivity contribution is 0.402. The molecule has 3 atom stereocenters. The van der Waals surface area contributed by atoms with E-state index in [1.807, 2.05) is 11.7 Å². The van der Waals surface area contributed by atoms with E-state index >= 15 is 0 Å². The zero-order valence-electron chi connectivity index (χ0n) is 8.61. The topological polar surface area (TPSA) is 43.8 Å². The molecule has 0 radical (unpaired) electrons. The van der Waals surface area contributed by atoms with Gasteiger partial charge in [0.2, 0.25) is 0 Å². The van der Waals surface area contributed by atoms with Gasteiger partial charge in [0.15, 0.2) is 0 Å². The fourth-order valence-corrected chi connectivity index (χ4v) is 3.50. The quantitative estimate of drug-likeness (QED) is 0.736. The summed E-state index contributed by atoms with van der Waals surface area (Å²) in [5, 5.41) is 4.24. The van der Waals surface area contributed by atoms with Gasteiger partial charge >= 0.3 is 0 Å². The van der Waals surface area contributed by atoms with E-state index in [0.717, 1.165) is 17.5 Å². The number of hydrogen-bond donors (Lipinski definition) is 1. The number of nitrogens with two attached hydrogens (primary N) is 1. The van der Waals surface area contributed by atoms with E-state index in [2.05, 4.69) is 5.10 Å². The number of hydrogen-bond acceptors (Lipinski definition) is 2. The summed E-state index contributed by atoms with van der Waals surface area (Å²) in [5.74, 6) is 2.55. The van der Waals surface area contributed by atoms with Gasteiger partial charge in [-0.2, -0.15) is 5.10 Å². The first-order valence-electron chi connectivity index (χ1n) is 5.53. The Balaban J connectivity index is 1.96. The van der Waals surface area contributed by atoms with Crippen LogP contribution in [0.5, 0.6) is 0 Å². The van der Waals surface area contributed by atoms with Gasteiger partial charge in [0.1, 0.15) is 0 Å². The van der Waals surface area contributed by atoms with Gasteiger partial charge in [-0.05, 0) is 31.1 Å². The Hall–Kier alpha value is -0.990. The molecule has 2 bridgehead atoms. The van der Waals surface area contributed by atoms with Crippen molar-refractivity contribution in [1.29, 1.82) is 0 Å². The van der Waals surface area contributed by atoms with Crippen molar-refractivity contribution < 1.29 is 0 Å². The van der Waals surface area contributed by atoms with Crippen molar-refractivity contribution in [2.75, 3.05) is 5.73 Å². The third kappa shape index (κ3) is 1.01. The predicted octanol–water partition coefficient (Wildman–Crippen LogP) is 1.91. The average Bonchev–Trinajstić information content (AvgIpc) is 2.81. The molecule has 1 heterocycles. The first kappa shape index (κ1) is 8.33. The largest absolute Gasteiger partial charge is 0.396 e. The van der Waals surface area contributed by atoms with Crippen LogP contribution in [0.15, 0.2) is 6.20 Å². The number of aryl methyl sites for hydroxylation is 1. The van der Waals surface area contributed by atoms with Crippen LogP contribution in [0.1, 0.15) is 37.3 Å². The Morgan fingerprint density at radius 2 is 2.29 bits per heavy atom. The Morgan fingerprint density at radius 1 is 1.43 bits per heavy atom. The number of aromatic nitrogens is 2. The molecule has 3 rings (SSSR count). The van der Waals surface area contributed by atoms with Crippen LogP contribution in [-0.4, -0.2) is 9.78 Å². The van der Waals surface area contributed by atoms with Crippen LogP contribution in [0.3, 0.4) is 0 Å². The minimum Gasteiger partial charge on any atom is -0.396 e. The van der Waals surface area contributed by atoms with Crippen molar-refractivity contribution >= 4 is 5.69 Å². The second-order valence-corrected chi connectivity index (χ2v) is 4.89. The zero-order chi connectivity index (χ0) is 9.71. The highest BCUT2D eigenvalue weighted by molar-refractivity contribution is 5.44. The van der Waals surface area contributed by atoms with E-state index < -0.39 is 0 Å². The van der Waals surface area contributed by atoms with Crippen molar-refractivity contribution in [2.45, 2.75) is 31.6 Å². The maximum atomic E-state index is 5.97. The molecule has 1 aromatic rings. The summed E-state index contributed by atoms with van der Waals surface area (Å²) in [5.41, 5.74) is 8.15. The Bertz CT molecular complexity index is 336. The molecular weight excluding hydrogens is 174 g/mol. The Kier molecular flexibility index (Phi) is 1.64. The van der Waals surface area contributed by atoms with Crippen LogP contribution in [0.4, 0.5) is 5.69 Å². The minimum absolute atomic E-state index is 0.696. The highest BCUT2D eigenvalue weighted by Crippen LogP contribution is 2.53. The Labute approximate surface area is 84.3 Å². The summed E-state index contributed by atoms with van der Waals surface area (Å²) in [7, 11) is 2.01. The molecule has 2 aliphatic carbocycles. The van der Waals surface area contributed by atoms with Gasteiger partial charge in [-0.25, -0.2) is 0 Å². The molecule has 0 amide bonds. The second kappa shape index (κ2) is 2.75. The first-order valence-corrected chi connectivity index (χ1v) is 5.53. The number of nitrogens with zero attached hydrogens (tertiary/aromatic N) is 2. The molecule has 0 aromatic carbocycles. The lowest BCUT2D eigenvalue weighted by Crippen LogP contribution is -2.14. The van der Waals surface area contributed by atoms with Crippen molar-refractivity contribution in [1.82, 2.24) is 9.78 Å². The Morgan fingerprint density at radius 3 is 2.79 bits per heavy atom. The van der Waals surface area contributed by atoms with E-state index in [1.165, 1.54) is 31.4 Å². The van der Waals surface area contributed by atoms with Crippen LogP contribution in [0, 0.1) is 11.8 Å². The van der Waals surface area contributed by atoms with Gasteiger partial charge in [-0.1, -0.05) is 6.42 Å². The van der Waals surface area contributed by atoms with Crippen molar-refractivity contribution in [2.24, 2.45) is 18.9 Å². The smallest absolute Gasteiger partial charge is 0.0735 e. The molecule has 0 aliphatic heterocycles. The molecule has 2 fully saturated rings. The summed E-state index contributed by atoms with van der Waals surface area (Å²) in [6.07, 6.45) is 7.41. The minimum atomic E-state index is 0.696. The van der Waals surface area contributed by atoms with Crippen LogP contribution in [-0.2, 0) is 7.05 Å². The van der Waals surface area contributed by atoms with Crippen LogP contribution in [0.25, 0.3) is 0 Å². The van der Waals surface area contributed by atoms with Gasteiger partial charge in [0, 0.05) is 13.0 Å². The van der Waals surface area contributed by atoms with Crippen molar-refractivity contribution in [3.63, 3.8) is 0 Å². The molecule has 14 heavy (non-hydrogen) atoms. The standard InChI is InChI=1S/C11H17N3/c1-14-11(10(12)6-13-14)9-5-7-2-3-8(9)4-7/h6-9H,2-5,12H2,1H3. The van der Waals surface area contributed by atoms with E-state index in [4.69, 9.17) is 5.73 Å². The molecule has 2 aliphatic rings. The molecular formula is C11H17N3. The van der Waals surface area contributed by atoms with Crippen LogP contribution < -0.4 is 5.73 Å². The van der Waals surface area contributed by atoms with Crippen molar-refractivity contribution in [3.05, 3.63) is 11.9 Å². The van der Waals surface area contributed by atoms with Crippen LogP contribution in [0.2, 0.25) is 0 Å². The molecule has 3 unspecified atom stereocenters. The lowest BCUT2D eigenvalue weighted by atomic mass is 9.86. The van der Waals surface area contributed by atoms with E-state index in [0.29, 0.717) is 5.92 Å². The number of fused-ring (bicyclic) bond motifs is 2. The highest BCUT2D eigenvalue weighted by Gasteiger charge is 2.41. The fourth-order valence-electron chi connectivity index (χ4n) is 3.50. The van der Waals surface area contributed by atoms with Gasteiger partial charge in [0.05, 0.1) is 17.6 Å². The van der Waals surface area contributed by atoms with E-state index in [9.17, 15) is 0 Å². The maximum Gasteiger partial charge on any atom is 0.0735 e. The summed E-state index contributed by atoms with van der Waals surface area (Å²) in [6, 6.07) is 0. The van der Waals surface area contributed by atoms with E-state index in [1.54, 1.807) is 6.20 Å². The number of rotatable bonds is 1. The van der Waals surface area contributed by atoms with Gasteiger partial charge in [-0.3, -0.25) is 4.68 Å². The average molecular weight is 191 g/mol. The maximum absolute atomic E-state index is 5.97. The fraction of sp³-hybridized carbons (Fsp3) is 0.727. The molecule has 2 N–H and O–H groups in total. The summed E-state index contributed by atoms with van der Waals surface area (Å²) < 4.78 is 1.97. The third-order valence-corrected chi connectivity index (χ3v) is 4.10. The number of anilines is 1. The van der Waals surface area contributed by atoms with Crippen molar-refractivity contribution in [3.8, 4) is 0 Å². The SMILES string of the molecule is Cn1ncc(N)c1C1CC2CCC1C2. The normalized spacial score (nSPS) is 35.4. The number of nitrogen functional groups attached to an aromatic ring is 1. The molecule has 0 spiro atoms. The lowest BCUT2D eigenvalue weighted by Gasteiger charge is -2.22. The highest BCUT2D eigenvalue weighted by atomic mass is 15.3. The van der Waals surface area contributed by atoms with Gasteiger partial charge in [-0.15, -0.1) is 0 Å². The van der Waals surface area contributed by atoms with Gasteiger partial charge in [0.25, 0.3) is 0 Å². The third-order valence-electron chi connectivity index (χ3n) is 4.10. The second-order valence-electron chi connectivity index (χ2n) is 4.89. The molecule has 76 valence electrons. The van der Waals surface area contributed by atoms with Crippen LogP contribution >= 0.6 is 0 Å². The zero-order valence-corrected chi connectivity index (χ0v) is 8.61. The molecule has 1 aromatic heterocycles. The molecule has 0 saturated heterocycles. The summed E-state index contributed by atoms with van der Waals surface area (Å²) in [6.45, 7) is 0. The predicted molar refractivity (Wildman–Crippen MR) is 55.8 cm³/mol. The van der Waals surface area contributed by atoms with Gasteiger partial charge < -0.3 is 5.73 Å². The summed E-state index contributed by atoms with van der Waals surface area (Å²) >= 11 is 0. The first-order chi connectivity index (χ1) is 6.75.